The largest absolute Gasteiger partial charge is 0.477 e. The minimum atomic E-state index is -0.498. The van der Waals surface area contributed by atoms with Crippen LogP contribution >= 0.6 is 11.6 Å². The van der Waals surface area contributed by atoms with Gasteiger partial charge in [-0.3, -0.25) is 9.69 Å². The fraction of sp³-hybridized carbons (Fsp3) is 0.452. The molecule has 2 fully saturated rings. The van der Waals surface area contributed by atoms with Crippen LogP contribution in [0.3, 0.4) is 0 Å². The van der Waals surface area contributed by atoms with E-state index in [9.17, 15) is 4.79 Å². The molecule has 0 spiro atoms. The number of amides is 1. The zero-order valence-electron chi connectivity index (χ0n) is 21.8. The summed E-state index contributed by atoms with van der Waals surface area (Å²) in [6.45, 7) is 9.67. The molecule has 0 radical (unpaired) electrons. The first-order valence-corrected chi connectivity index (χ1v) is 14.1. The van der Waals surface area contributed by atoms with Gasteiger partial charge in [-0.25, -0.2) is 0 Å². The number of nitrogens with one attached hydrogen (secondary N) is 1. The molecule has 0 saturated carbocycles. The molecule has 2 saturated heterocycles. The van der Waals surface area contributed by atoms with E-state index < -0.39 is 6.10 Å². The summed E-state index contributed by atoms with van der Waals surface area (Å²) in [5.74, 6) is 2.07. The summed E-state index contributed by atoms with van der Waals surface area (Å²) in [6.07, 6.45) is 3.14. The van der Waals surface area contributed by atoms with Gasteiger partial charge in [0.1, 0.15) is 5.75 Å². The second-order valence-corrected chi connectivity index (χ2v) is 11.5. The third-order valence-corrected chi connectivity index (χ3v) is 8.77. The van der Waals surface area contributed by atoms with Crippen LogP contribution in [0.4, 0.5) is 5.69 Å². The van der Waals surface area contributed by atoms with Gasteiger partial charge in [0.05, 0.1) is 10.7 Å². The topological polar surface area (TPSA) is 44.8 Å². The molecule has 3 aliphatic heterocycles. The highest BCUT2D eigenvalue weighted by Crippen LogP contribution is 2.44. The Balaban J connectivity index is 1.37. The van der Waals surface area contributed by atoms with Crippen molar-refractivity contribution in [1.82, 2.24) is 10.2 Å². The summed E-state index contributed by atoms with van der Waals surface area (Å²) in [5.41, 5.74) is 4.02. The van der Waals surface area contributed by atoms with Gasteiger partial charge in [0.25, 0.3) is 5.91 Å². The molecule has 6 heteroatoms. The fourth-order valence-corrected chi connectivity index (χ4v) is 6.35. The molecule has 0 aliphatic carbocycles. The predicted octanol–water partition coefficient (Wildman–Crippen LogP) is 5.90. The van der Waals surface area contributed by atoms with Gasteiger partial charge in [0, 0.05) is 37.7 Å². The number of halogens is 1. The zero-order valence-corrected chi connectivity index (χ0v) is 22.6. The number of nitrogens with zero attached hydrogens (tertiary/aromatic N) is 2. The first kappa shape index (κ1) is 24.7. The number of benzene rings is 3. The van der Waals surface area contributed by atoms with Gasteiger partial charge >= 0.3 is 0 Å². The number of aryl methyl sites for hydroxylation is 1. The highest BCUT2D eigenvalue weighted by molar-refractivity contribution is 6.34. The highest BCUT2D eigenvalue weighted by Gasteiger charge is 2.38. The number of hydrogen-bond donors (Lipinski definition) is 1. The third kappa shape index (κ3) is 4.85. The highest BCUT2D eigenvalue weighted by atomic mass is 35.5. The molecular formula is C31H36ClN3O2. The molecule has 1 N–H and O–H groups in total. The van der Waals surface area contributed by atoms with E-state index in [4.69, 9.17) is 16.3 Å². The van der Waals surface area contributed by atoms with Crippen LogP contribution in [-0.2, 0) is 4.79 Å². The van der Waals surface area contributed by atoms with E-state index in [0.29, 0.717) is 24.0 Å². The number of anilines is 1. The Bertz CT molecular complexity index is 1310. The lowest BCUT2D eigenvalue weighted by Gasteiger charge is -2.41. The van der Waals surface area contributed by atoms with Gasteiger partial charge in [-0.15, -0.1) is 0 Å². The SMILES string of the molecule is CCC1CCN(CC2Oc3cc(-c4cc(C)cc5ccccc45)c(Cl)cc3N(CC3CNC3)C2=O)CC1. The zero-order chi connectivity index (χ0) is 25.5. The van der Waals surface area contributed by atoms with E-state index >= 15 is 0 Å². The minimum Gasteiger partial charge on any atom is -0.477 e. The fourth-order valence-electron chi connectivity index (χ4n) is 6.09. The van der Waals surface area contributed by atoms with Crippen molar-refractivity contribution in [2.75, 3.05) is 44.2 Å². The molecule has 37 heavy (non-hydrogen) atoms. The van der Waals surface area contributed by atoms with Crippen LogP contribution in [0.25, 0.3) is 21.9 Å². The van der Waals surface area contributed by atoms with Crippen LogP contribution in [0.2, 0.25) is 5.02 Å². The van der Waals surface area contributed by atoms with E-state index in [2.05, 4.69) is 66.5 Å². The second-order valence-electron chi connectivity index (χ2n) is 11.1. The molecule has 3 aromatic carbocycles. The van der Waals surface area contributed by atoms with Crippen LogP contribution in [-0.4, -0.2) is 56.2 Å². The maximum absolute atomic E-state index is 13.8. The number of piperidine rings is 1. The maximum Gasteiger partial charge on any atom is 0.269 e. The molecule has 194 valence electrons. The Kier molecular flexibility index (Phi) is 6.87. The summed E-state index contributed by atoms with van der Waals surface area (Å²) in [6, 6.07) is 16.8. The lowest BCUT2D eigenvalue weighted by molar-refractivity contribution is -0.127. The lowest BCUT2D eigenvalue weighted by atomic mass is 9.94. The Labute approximate surface area is 224 Å². The van der Waals surface area contributed by atoms with Crippen molar-refractivity contribution < 1.29 is 9.53 Å². The number of carbonyl (C=O) groups excluding carboxylic acids is 1. The number of likely N-dealkylation sites (tertiary alicyclic amines) is 1. The predicted molar refractivity (Wildman–Crippen MR) is 152 cm³/mol. The smallest absolute Gasteiger partial charge is 0.269 e. The molecule has 5 nitrogen and oxygen atoms in total. The summed E-state index contributed by atoms with van der Waals surface area (Å²) in [4.78, 5) is 18.1. The molecule has 1 amide bonds. The number of ether oxygens (including phenoxy) is 1. The van der Waals surface area contributed by atoms with E-state index in [-0.39, 0.29) is 5.91 Å². The molecule has 1 unspecified atom stereocenters. The molecule has 0 bridgehead atoms. The van der Waals surface area contributed by atoms with E-state index in [1.165, 1.54) is 30.2 Å². The Morgan fingerprint density at radius 3 is 2.51 bits per heavy atom. The van der Waals surface area contributed by atoms with Gasteiger partial charge in [0.15, 0.2) is 6.10 Å². The van der Waals surface area contributed by atoms with Crippen molar-refractivity contribution in [3.63, 3.8) is 0 Å². The molecule has 3 aliphatic rings. The molecule has 3 aromatic rings. The summed E-state index contributed by atoms with van der Waals surface area (Å²) >= 11 is 6.95. The van der Waals surface area contributed by atoms with Crippen LogP contribution in [0.5, 0.6) is 5.75 Å². The average Bonchev–Trinajstić information content (AvgIpc) is 2.88. The van der Waals surface area contributed by atoms with Gasteiger partial charge in [-0.1, -0.05) is 61.3 Å². The normalized spacial score (nSPS) is 21.1. The van der Waals surface area contributed by atoms with E-state index in [1.807, 2.05) is 11.0 Å². The molecule has 0 aromatic heterocycles. The average molecular weight is 518 g/mol. The summed E-state index contributed by atoms with van der Waals surface area (Å²) in [7, 11) is 0. The number of carbonyl (C=O) groups is 1. The Morgan fingerprint density at radius 1 is 1.00 bits per heavy atom. The first-order valence-electron chi connectivity index (χ1n) is 13.7. The van der Waals surface area contributed by atoms with Crippen LogP contribution < -0.4 is 15.0 Å². The van der Waals surface area contributed by atoms with Gasteiger partial charge < -0.3 is 15.0 Å². The summed E-state index contributed by atoms with van der Waals surface area (Å²) in [5, 5.41) is 6.33. The van der Waals surface area contributed by atoms with Gasteiger partial charge in [0.2, 0.25) is 0 Å². The molecule has 6 rings (SSSR count). The van der Waals surface area contributed by atoms with Crippen molar-refractivity contribution in [3.05, 3.63) is 59.1 Å². The number of rotatable bonds is 6. The van der Waals surface area contributed by atoms with E-state index in [1.54, 1.807) is 0 Å². The third-order valence-electron chi connectivity index (χ3n) is 8.46. The first-order chi connectivity index (χ1) is 18.0. The van der Waals surface area contributed by atoms with Crippen LogP contribution in [0, 0.1) is 18.8 Å². The Morgan fingerprint density at radius 2 is 1.78 bits per heavy atom. The molecule has 1 atom stereocenters. The van der Waals surface area contributed by atoms with Crippen molar-refractivity contribution in [2.45, 2.75) is 39.2 Å². The van der Waals surface area contributed by atoms with Crippen molar-refractivity contribution in [2.24, 2.45) is 11.8 Å². The quantitative estimate of drug-likeness (QED) is 0.442. The van der Waals surface area contributed by atoms with E-state index in [0.717, 1.165) is 60.0 Å². The Hall–Kier alpha value is -2.60. The van der Waals surface area contributed by atoms with Crippen LogP contribution in [0.15, 0.2) is 48.5 Å². The van der Waals surface area contributed by atoms with Crippen molar-refractivity contribution in [1.29, 1.82) is 0 Å². The van der Waals surface area contributed by atoms with Crippen LogP contribution in [0.1, 0.15) is 31.7 Å². The standard InChI is InChI=1S/C31H36ClN3O2/c1-3-21-8-10-34(11-9-21)19-30-31(36)35(18-22-16-33-17-22)28-15-27(32)26(14-29(28)37-30)25-13-20(2)12-23-6-4-5-7-24(23)25/h4-7,12-15,21-22,30,33H,3,8-11,16-19H2,1-2H3. The summed E-state index contributed by atoms with van der Waals surface area (Å²) < 4.78 is 6.52. The van der Waals surface area contributed by atoms with Gasteiger partial charge in [-0.2, -0.15) is 0 Å². The lowest BCUT2D eigenvalue weighted by Crippen LogP contribution is -2.56. The van der Waals surface area contributed by atoms with Crippen molar-refractivity contribution >= 4 is 34.0 Å². The van der Waals surface area contributed by atoms with Gasteiger partial charge in [-0.05, 0) is 72.8 Å². The van der Waals surface area contributed by atoms with Crippen molar-refractivity contribution in [3.8, 4) is 16.9 Å². The number of fused-ring (bicyclic) bond motifs is 2. The maximum atomic E-state index is 13.8. The number of hydrogen-bond acceptors (Lipinski definition) is 4. The molecular weight excluding hydrogens is 482 g/mol. The minimum absolute atomic E-state index is 0.0573. The monoisotopic (exact) mass is 517 g/mol. The molecule has 3 heterocycles. The second kappa shape index (κ2) is 10.3.